The average molecular weight is 266 g/mol. The van der Waals surface area contributed by atoms with Gasteiger partial charge in [-0.05, 0) is 96.9 Å². The Balaban J connectivity index is 1.54. The molecule has 0 unspecified atom stereocenters. The summed E-state index contributed by atoms with van der Waals surface area (Å²) in [6.45, 7) is 13.8. The third kappa shape index (κ3) is 5.07. The van der Waals surface area contributed by atoms with Gasteiger partial charge in [0.2, 0.25) is 0 Å². The van der Waals surface area contributed by atoms with Gasteiger partial charge in [0.05, 0.1) is 0 Å². The van der Waals surface area contributed by atoms with Crippen LogP contribution in [-0.4, -0.2) is 48.6 Å². The first-order valence-electron chi connectivity index (χ1n) is 8.61. The summed E-state index contributed by atoms with van der Waals surface area (Å²) in [5, 5.41) is 0. The molecule has 0 aliphatic carbocycles. The van der Waals surface area contributed by atoms with E-state index in [-0.39, 0.29) is 0 Å². The predicted octanol–water partition coefficient (Wildman–Crippen LogP) is 3.62. The second-order valence-corrected chi connectivity index (χ2v) is 7.24. The number of nitrogens with zero attached hydrogens (tertiary/aromatic N) is 2. The normalized spacial score (nSPS) is 25.3. The molecular formula is C17H34N2. The molecule has 0 radical (unpaired) electrons. The van der Waals surface area contributed by atoms with Crippen LogP contribution in [0, 0.1) is 11.8 Å². The molecule has 112 valence electrons. The van der Waals surface area contributed by atoms with Crippen LogP contribution in [0.25, 0.3) is 0 Å². The molecule has 0 spiro atoms. The van der Waals surface area contributed by atoms with Crippen molar-refractivity contribution >= 4 is 0 Å². The average Bonchev–Trinajstić information content (AvgIpc) is 2.41. The van der Waals surface area contributed by atoms with Gasteiger partial charge in [-0.1, -0.05) is 6.92 Å². The van der Waals surface area contributed by atoms with Crippen LogP contribution >= 0.6 is 0 Å². The molecule has 0 N–H and O–H groups in total. The van der Waals surface area contributed by atoms with E-state index in [1.54, 1.807) is 0 Å². The van der Waals surface area contributed by atoms with Gasteiger partial charge in [0, 0.05) is 6.04 Å². The maximum atomic E-state index is 2.70. The summed E-state index contributed by atoms with van der Waals surface area (Å²) >= 11 is 0. The van der Waals surface area contributed by atoms with E-state index in [2.05, 4.69) is 30.6 Å². The summed E-state index contributed by atoms with van der Waals surface area (Å²) < 4.78 is 0. The van der Waals surface area contributed by atoms with E-state index < -0.39 is 0 Å². The van der Waals surface area contributed by atoms with E-state index in [9.17, 15) is 0 Å². The van der Waals surface area contributed by atoms with Gasteiger partial charge in [0.25, 0.3) is 0 Å². The topological polar surface area (TPSA) is 6.48 Å². The molecule has 2 nitrogen and oxygen atoms in total. The first-order chi connectivity index (χ1) is 9.15. The molecule has 2 saturated heterocycles. The lowest BCUT2D eigenvalue weighted by Crippen LogP contribution is -2.38. The van der Waals surface area contributed by atoms with E-state index in [4.69, 9.17) is 0 Å². The molecule has 0 atom stereocenters. The fourth-order valence-corrected chi connectivity index (χ4v) is 3.65. The standard InChI is InChI=1S/C17H34N2/c1-15(2)19-13-8-17(9-14-19)5-4-10-18-11-6-16(3)7-12-18/h15-17H,4-14H2,1-3H3. The van der Waals surface area contributed by atoms with Gasteiger partial charge >= 0.3 is 0 Å². The Morgan fingerprint density at radius 2 is 1.58 bits per heavy atom. The maximum Gasteiger partial charge on any atom is 0.00385 e. The molecular weight excluding hydrogens is 232 g/mol. The highest BCUT2D eigenvalue weighted by atomic mass is 15.1. The molecule has 19 heavy (non-hydrogen) atoms. The van der Waals surface area contributed by atoms with Crippen LogP contribution in [0.3, 0.4) is 0 Å². The van der Waals surface area contributed by atoms with Crippen LogP contribution in [0.4, 0.5) is 0 Å². The molecule has 0 aromatic heterocycles. The van der Waals surface area contributed by atoms with Crippen LogP contribution in [-0.2, 0) is 0 Å². The van der Waals surface area contributed by atoms with Crippen molar-refractivity contribution in [3.05, 3.63) is 0 Å². The van der Waals surface area contributed by atoms with E-state index in [0.29, 0.717) is 0 Å². The molecule has 0 saturated carbocycles. The summed E-state index contributed by atoms with van der Waals surface area (Å²) in [5.74, 6) is 1.98. The van der Waals surface area contributed by atoms with Gasteiger partial charge in [0.15, 0.2) is 0 Å². The zero-order valence-electron chi connectivity index (χ0n) is 13.4. The van der Waals surface area contributed by atoms with Gasteiger partial charge in [0.1, 0.15) is 0 Å². The monoisotopic (exact) mass is 266 g/mol. The number of hydrogen-bond donors (Lipinski definition) is 0. The Hall–Kier alpha value is -0.0800. The predicted molar refractivity (Wildman–Crippen MR) is 83.5 cm³/mol. The van der Waals surface area contributed by atoms with Crippen molar-refractivity contribution in [3.8, 4) is 0 Å². The Labute approximate surface area is 120 Å². The van der Waals surface area contributed by atoms with Crippen molar-refractivity contribution in [1.29, 1.82) is 0 Å². The van der Waals surface area contributed by atoms with Crippen molar-refractivity contribution in [1.82, 2.24) is 9.80 Å². The van der Waals surface area contributed by atoms with Crippen LogP contribution in [0.5, 0.6) is 0 Å². The molecule has 2 aliphatic heterocycles. The lowest BCUT2D eigenvalue weighted by molar-refractivity contribution is 0.138. The second-order valence-electron chi connectivity index (χ2n) is 7.24. The first-order valence-corrected chi connectivity index (χ1v) is 8.61. The Kier molecular flexibility index (Phi) is 6.15. The molecule has 0 aromatic rings. The summed E-state index contributed by atoms with van der Waals surface area (Å²) in [5.41, 5.74) is 0. The van der Waals surface area contributed by atoms with Crippen molar-refractivity contribution in [3.63, 3.8) is 0 Å². The van der Waals surface area contributed by atoms with Crippen molar-refractivity contribution in [2.45, 2.75) is 65.3 Å². The SMILES string of the molecule is CC1CCN(CCCC2CCN(C(C)C)CC2)CC1. The maximum absolute atomic E-state index is 2.70. The third-order valence-electron chi connectivity index (χ3n) is 5.34. The molecule has 0 aromatic carbocycles. The Bertz CT molecular complexity index is 236. The number of rotatable bonds is 5. The van der Waals surface area contributed by atoms with Crippen molar-refractivity contribution < 1.29 is 0 Å². The largest absolute Gasteiger partial charge is 0.303 e. The van der Waals surface area contributed by atoms with Crippen LogP contribution in [0.2, 0.25) is 0 Å². The van der Waals surface area contributed by atoms with Crippen LogP contribution in [0.15, 0.2) is 0 Å². The lowest BCUT2D eigenvalue weighted by atomic mass is 9.91. The quantitative estimate of drug-likeness (QED) is 0.750. The molecule has 2 heterocycles. The molecule has 2 heteroatoms. The lowest BCUT2D eigenvalue weighted by Gasteiger charge is -2.35. The Morgan fingerprint density at radius 3 is 2.16 bits per heavy atom. The van der Waals surface area contributed by atoms with E-state index in [1.807, 2.05) is 0 Å². The highest BCUT2D eigenvalue weighted by Gasteiger charge is 2.21. The van der Waals surface area contributed by atoms with Gasteiger partial charge in [-0.15, -0.1) is 0 Å². The summed E-state index contributed by atoms with van der Waals surface area (Å²) in [7, 11) is 0. The molecule has 2 fully saturated rings. The van der Waals surface area contributed by atoms with Crippen molar-refractivity contribution in [2.24, 2.45) is 11.8 Å². The molecule has 0 amide bonds. The summed E-state index contributed by atoms with van der Waals surface area (Å²) in [6, 6.07) is 0.747. The number of likely N-dealkylation sites (tertiary alicyclic amines) is 2. The highest BCUT2D eigenvalue weighted by Crippen LogP contribution is 2.24. The highest BCUT2D eigenvalue weighted by molar-refractivity contribution is 4.75. The van der Waals surface area contributed by atoms with Gasteiger partial charge in [-0.25, -0.2) is 0 Å². The van der Waals surface area contributed by atoms with E-state index in [1.165, 1.54) is 71.2 Å². The van der Waals surface area contributed by atoms with Gasteiger partial charge < -0.3 is 9.80 Å². The fourth-order valence-electron chi connectivity index (χ4n) is 3.65. The third-order valence-corrected chi connectivity index (χ3v) is 5.34. The zero-order chi connectivity index (χ0) is 13.7. The minimum Gasteiger partial charge on any atom is -0.303 e. The second kappa shape index (κ2) is 7.64. The van der Waals surface area contributed by atoms with E-state index >= 15 is 0 Å². The minimum absolute atomic E-state index is 0.747. The van der Waals surface area contributed by atoms with Crippen LogP contribution in [0.1, 0.15) is 59.3 Å². The molecule has 2 rings (SSSR count). The van der Waals surface area contributed by atoms with Gasteiger partial charge in [-0.3, -0.25) is 0 Å². The molecule has 0 bridgehead atoms. The van der Waals surface area contributed by atoms with Crippen LogP contribution < -0.4 is 0 Å². The van der Waals surface area contributed by atoms with Gasteiger partial charge in [-0.2, -0.15) is 0 Å². The number of hydrogen-bond acceptors (Lipinski definition) is 2. The zero-order valence-corrected chi connectivity index (χ0v) is 13.4. The van der Waals surface area contributed by atoms with Crippen molar-refractivity contribution in [2.75, 3.05) is 32.7 Å². The molecule has 2 aliphatic rings. The smallest absolute Gasteiger partial charge is 0.00385 e. The van der Waals surface area contributed by atoms with E-state index in [0.717, 1.165) is 17.9 Å². The first kappa shape index (κ1) is 15.3. The summed E-state index contributed by atoms with van der Waals surface area (Å²) in [4.78, 5) is 5.34. The minimum atomic E-state index is 0.747. The Morgan fingerprint density at radius 1 is 0.947 bits per heavy atom. The summed E-state index contributed by atoms with van der Waals surface area (Å²) in [6.07, 6.45) is 8.63. The number of piperidine rings is 2. The fraction of sp³-hybridized carbons (Fsp3) is 1.00.